The fraction of sp³-hybridized carbons (Fsp3) is 0.368. The van der Waals surface area contributed by atoms with Gasteiger partial charge in [-0.3, -0.25) is 0 Å². The zero-order valence-corrected chi connectivity index (χ0v) is 15.3. The molecule has 0 aliphatic rings. The van der Waals surface area contributed by atoms with Gasteiger partial charge in [-0.1, -0.05) is 24.3 Å². The van der Waals surface area contributed by atoms with E-state index in [1.807, 2.05) is 6.55 Å². The third-order valence-corrected chi connectivity index (χ3v) is 8.35. The molecule has 0 spiro atoms. The first kappa shape index (κ1) is 16.0. The van der Waals surface area contributed by atoms with Crippen LogP contribution in [0.3, 0.4) is 0 Å². The summed E-state index contributed by atoms with van der Waals surface area (Å²) in [7, 11) is -2.65. The highest BCUT2D eigenvalue weighted by Crippen LogP contribution is 2.17. The molecule has 0 amide bonds. The van der Waals surface area contributed by atoms with Gasteiger partial charge in [-0.2, -0.15) is 0 Å². The molecule has 2 heteroatoms. The van der Waals surface area contributed by atoms with E-state index in [2.05, 4.69) is 65.8 Å². The van der Waals surface area contributed by atoms with E-state index in [-0.39, 0.29) is 0 Å². The molecule has 0 aliphatic carbocycles. The topological polar surface area (TPSA) is 20.2 Å². The molecule has 0 saturated heterocycles. The quantitative estimate of drug-likeness (QED) is 0.844. The molecule has 2 aromatic carbocycles. The van der Waals surface area contributed by atoms with E-state index < -0.39 is 8.32 Å². The van der Waals surface area contributed by atoms with Gasteiger partial charge in [-0.05, 0) is 91.8 Å². The van der Waals surface area contributed by atoms with Crippen LogP contribution in [0, 0.1) is 41.5 Å². The zero-order chi connectivity index (χ0) is 15.9. The van der Waals surface area contributed by atoms with Crippen molar-refractivity contribution in [3.05, 3.63) is 57.6 Å². The smallest absolute Gasteiger partial charge is 0.249 e. The molecule has 0 atom stereocenters. The summed E-state index contributed by atoms with van der Waals surface area (Å²) in [6.45, 7) is 14.9. The molecule has 1 N–H and O–H groups in total. The third-order valence-electron chi connectivity index (χ3n) is 5.16. The van der Waals surface area contributed by atoms with Crippen molar-refractivity contribution < 1.29 is 4.80 Å². The van der Waals surface area contributed by atoms with Crippen LogP contribution in [0.15, 0.2) is 24.3 Å². The van der Waals surface area contributed by atoms with E-state index in [1.54, 1.807) is 0 Å². The van der Waals surface area contributed by atoms with E-state index in [0.717, 1.165) is 10.4 Å². The molecule has 112 valence electrons. The molecule has 2 aromatic rings. The van der Waals surface area contributed by atoms with Gasteiger partial charge in [0.15, 0.2) is 0 Å². The number of hydrogen-bond acceptors (Lipinski definition) is 1. The Balaban J connectivity index is 2.68. The average molecular weight is 299 g/mol. The summed E-state index contributed by atoms with van der Waals surface area (Å²) in [6, 6.07) is 8.52. The van der Waals surface area contributed by atoms with Gasteiger partial charge in [0.2, 0.25) is 8.32 Å². The van der Waals surface area contributed by atoms with Crippen molar-refractivity contribution in [2.24, 2.45) is 0 Å². The maximum atomic E-state index is 11.4. The normalized spacial score (nSPS) is 11.8. The van der Waals surface area contributed by atoms with Gasteiger partial charge in [0.1, 0.15) is 0 Å². The Labute approximate surface area is 129 Å². The second kappa shape index (κ2) is 5.43. The fourth-order valence-electron chi connectivity index (χ4n) is 3.11. The molecule has 21 heavy (non-hydrogen) atoms. The second-order valence-corrected chi connectivity index (χ2v) is 9.65. The second-order valence-electron chi connectivity index (χ2n) is 6.43. The summed E-state index contributed by atoms with van der Waals surface area (Å²) in [5.41, 5.74) is 7.65. The largest absolute Gasteiger partial charge is 0.424 e. The van der Waals surface area contributed by atoms with Crippen molar-refractivity contribution in [3.8, 4) is 0 Å². The highest BCUT2D eigenvalue weighted by molar-refractivity contribution is 6.96. The lowest BCUT2D eigenvalue weighted by molar-refractivity contribution is 0.575. The minimum absolute atomic E-state index is 1.14. The Morgan fingerprint density at radius 1 is 0.619 bits per heavy atom. The summed E-state index contributed by atoms with van der Waals surface area (Å²) in [5.74, 6) is 0. The Hall–Kier alpha value is -1.38. The fourth-order valence-corrected chi connectivity index (χ4v) is 6.05. The molecule has 0 aliphatic heterocycles. The van der Waals surface area contributed by atoms with Crippen LogP contribution in [0.4, 0.5) is 0 Å². The minimum Gasteiger partial charge on any atom is -0.424 e. The SMILES string of the molecule is Cc1ccc([Si](C)(O)c2ccc(C)c(C)c2C)c(C)c1C. The maximum Gasteiger partial charge on any atom is 0.249 e. The molecule has 0 bridgehead atoms. The highest BCUT2D eigenvalue weighted by Gasteiger charge is 2.33. The van der Waals surface area contributed by atoms with Gasteiger partial charge >= 0.3 is 0 Å². The summed E-state index contributed by atoms with van der Waals surface area (Å²) in [6.07, 6.45) is 0. The van der Waals surface area contributed by atoms with E-state index >= 15 is 0 Å². The molecular formula is C19H26OSi. The van der Waals surface area contributed by atoms with Crippen molar-refractivity contribution >= 4 is 18.7 Å². The molecule has 0 unspecified atom stereocenters. The van der Waals surface area contributed by atoms with Crippen LogP contribution in [-0.2, 0) is 0 Å². The zero-order valence-electron chi connectivity index (χ0n) is 14.3. The van der Waals surface area contributed by atoms with Crippen LogP contribution in [0.1, 0.15) is 33.4 Å². The summed E-state index contributed by atoms with van der Waals surface area (Å²) in [4.78, 5) is 11.4. The van der Waals surface area contributed by atoms with Crippen molar-refractivity contribution in [3.63, 3.8) is 0 Å². The molecule has 1 nitrogen and oxygen atoms in total. The van der Waals surface area contributed by atoms with Gasteiger partial charge in [-0.15, -0.1) is 0 Å². The monoisotopic (exact) mass is 298 g/mol. The third kappa shape index (κ3) is 2.58. The molecule has 2 rings (SSSR count). The van der Waals surface area contributed by atoms with Crippen molar-refractivity contribution in [2.75, 3.05) is 0 Å². The number of rotatable bonds is 2. The lowest BCUT2D eigenvalue weighted by atomic mass is 10.0. The number of benzene rings is 2. The maximum absolute atomic E-state index is 11.4. The lowest BCUT2D eigenvalue weighted by Gasteiger charge is -2.27. The van der Waals surface area contributed by atoms with Gasteiger partial charge < -0.3 is 4.80 Å². The standard InChI is InChI=1S/C19H26OSi/c1-12-8-10-18(16(5)14(12)3)21(7,20)19-11-9-13(2)15(4)17(19)6/h8-11,20H,1-7H3. The first-order valence-electron chi connectivity index (χ1n) is 7.54. The van der Waals surface area contributed by atoms with E-state index in [4.69, 9.17) is 0 Å². The minimum atomic E-state index is -2.65. The molecule has 0 fully saturated rings. The summed E-state index contributed by atoms with van der Waals surface area (Å²) >= 11 is 0. The van der Waals surface area contributed by atoms with E-state index in [1.165, 1.54) is 33.4 Å². The average Bonchev–Trinajstić information content (AvgIpc) is 2.41. The van der Waals surface area contributed by atoms with Crippen LogP contribution >= 0.6 is 0 Å². The van der Waals surface area contributed by atoms with Gasteiger partial charge in [0.05, 0.1) is 0 Å². The molecule has 0 heterocycles. The molecule has 0 radical (unpaired) electrons. The summed E-state index contributed by atoms with van der Waals surface area (Å²) in [5, 5.41) is 2.27. The lowest BCUT2D eigenvalue weighted by Crippen LogP contribution is -2.58. The van der Waals surface area contributed by atoms with Crippen LogP contribution in [0.25, 0.3) is 0 Å². The van der Waals surface area contributed by atoms with Crippen molar-refractivity contribution in [1.82, 2.24) is 0 Å². The van der Waals surface area contributed by atoms with Gasteiger partial charge in [-0.25, -0.2) is 0 Å². The highest BCUT2D eigenvalue weighted by atomic mass is 28.4. The van der Waals surface area contributed by atoms with Crippen molar-refractivity contribution in [1.29, 1.82) is 0 Å². The van der Waals surface area contributed by atoms with Crippen molar-refractivity contribution in [2.45, 2.75) is 48.1 Å². The first-order valence-corrected chi connectivity index (χ1v) is 9.99. The van der Waals surface area contributed by atoms with Crippen LogP contribution < -0.4 is 10.4 Å². The summed E-state index contributed by atoms with van der Waals surface area (Å²) < 4.78 is 0. The number of aryl methyl sites for hydroxylation is 2. The Morgan fingerprint density at radius 2 is 0.952 bits per heavy atom. The predicted molar refractivity (Wildman–Crippen MR) is 94.4 cm³/mol. The van der Waals surface area contributed by atoms with Crippen LogP contribution in [0.2, 0.25) is 6.55 Å². The molecular weight excluding hydrogens is 272 g/mol. The molecule has 0 saturated carbocycles. The van der Waals surface area contributed by atoms with Gasteiger partial charge in [0.25, 0.3) is 0 Å². The van der Waals surface area contributed by atoms with Gasteiger partial charge in [0, 0.05) is 0 Å². The first-order chi connectivity index (χ1) is 9.67. The van der Waals surface area contributed by atoms with Crippen LogP contribution in [-0.4, -0.2) is 13.1 Å². The molecule has 0 aromatic heterocycles. The predicted octanol–water partition coefficient (Wildman–Crippen LogP) is 3.22. The van der Waals surface area contributed by atoms with E-state index in [0.29, 0.717) is 0 Å². The van der Waals surface area contributed by atoms with Crippen LogP contribution in [0.5, 0.6) is 0 Å². The Bertz CT molecular complexity index is 640. The number of hydrogen-bond donors (Lipinski definition) is 1. The van der Waals surface area contributed by atoms with E-state index in [9.17, 15) is 4.80 Å². The Morgan fingerprint density at radius 3 is 1.29 bits per heavy atom. The Kier molecular flexibility index (Phi) is 4.14.